The van der Waals surface area contributed by atoms with Crippen molar-refractivity contribution in [1.82, 2.24) is 5.32 Å². The van der Waals surface area contributed by atoms with Crippen LogP contribution in [-0.4, -0.2) is 5.11 Å². The lowest BCUT2D eigenvalue weighted by Crippen LogP contribution is -2.51. The predicted octanol–water partition coefficient (Wildman–Crippen LogP) is 5.52. The second kappa shape index (κ2) is 7.86. The number of aliphatic hydroxyl groups is 1. The third-order valence-electron chi connectivity index (χ3n) is 6.06. The van der Waals surface area contributed by atoms with Crippen molar-refractivity contribution in [2.45, 2.75) is 37.5 Å². The van der Waals surface area contributed by atoms with Crippen LogP contribution in [0.3, 0.4) is 0 Å². The van der Waals surface area contributed by atoms with Crippen LogP contribution >= 0.6 is 0 Å². The molecule has 3 heteroatoms. The van der Waals surface area contributed by atoms with Gasteiger partial charge in [-0.25, -0.2) is 4.39 Å². The van der Waals surface area contributed by atoms with Crippen molar-refractivity contribution in [1.29, 1.82) is 0 Å². The number of nitrogens with one attached hydrogen (secondary N) is 1. The van der Waals surface area contributed by atoms with Crippen molar-refractivity contribution in [2.75, 3.05) is 0 Å². The number of hydrogen-bond acceptors (Lipinski definition) is 2. The topological polar surface area (TPSA) is 32.3 Å². The highest BCUT2D eigenvalue weighted by Gasteiger charge is 2.48. The first-order chi connectivity index (χ1) is 13.6. The van der Waals surface area contributed by atoms with Gasteiger partial charge in [0.2, 0.25) is 0 Å². The van der Waals surface area contributed by atoms with E-state index in [1.807, 2.05) is 36.4 Å². The third-order valence-corrected chi connectivity index (χ3v) is 6.06. The minimum atomic E-state index is -1.05. The van der Waals surface area contributed by atoms with E-state index in [0.29, 0.717) is 6.42 Å². The lowest BCUT2D eigenvalue weighted by atomic mass is 9.67. The van der Waals surface area contributed by atoms with Crippen molar-refractivity contribution >= 4 is 0 Å². The van der Waals surface area contributed by atoms with Crippen LogP contribution in [0.5, 0.6) is 0 Å². The maximum absolute atomic E-state index is 13.5. The Morgan fingerprint density at radius 3 is 2.04 bits per heavy atom. The van der Waals surface area contributed by atoms with E-state index in [2.05, 4.69) is 36.5 Å². The molecule has 144 valence electrons. The maximum Gasteiger partial charge on any atom is 0.123 e. The summed E-state index contributed by atoms with van der Waals surface area (Å²) < 4.78 is 13.5. The monoisotopic (exact) mass is 375 g/mol. The Labute approximate surface area is 166 Å². The van der Waals surface area contributed by atoms with Crippen molar-refractivity contribution in [3.63, 3.8) is 0 Å². The zero-order chi connectivity index (χ0) is 19.6. The molecular formula is C25H26FNO. The number of benzene rings is 3. The van der Waals surface area contributed by atoms with Crippen LogP contribution in [0.2, 0.25) is 0 Å². The van der Waals surface area contributed by atoms with Crippen molar-refractivity contribution in [3.8, 4) is 0 Å². The fraction of sp³-hybridized carbons (Fsp3) is 0.280. The predicted molar refractivity (Wildman–Crippen MR) is 110 cm³/mol. The first-order valence-electron chi connectivity index (χ1n) is 9.96. The van der Waals surface area contributed by atoms with E-state index < -0.39 is 5.60 Å². The van der Waals surface area contributed by atoms with Crippen molar-refractivity contribution in [2.24, 2.45) is 5.92 Å². The van der Waals surface area contributed by atoms with E-state index in [9.17, 15) is 9.50 Å². The lowest BCUT2D eigenvalue weighted by molar-refractivity contribution is -0.0830. The van der Waals surface area contributed by atoms with Gasteiger partial charge in [0.1, 0.15) is 5.82 Å². The van der Waals surface area contributed by atoms with E-state index in [1.54, 1.807) is 12.1 Å². The van der Waals surface area contributed by atoms with Crippen molar-refractivity contribution < 1.29 is 9.50 Å². The average Bonchev–Trinajstić information content (AvgIpc) is 2.75. The van der Waals surface area contributed by atoms with E-state index in [4.69, 9.17) is 0 Å². The molecule has 2 nitrogen and oxygen atoms in total. The normalized spacial score (nSPS) is 27.5. The molecule has 0 radical (unpaired) electrons. The summed E-state index contributed by atoms with van der Waals surface area (Å²) in [6.07, 6.45) is 1.35. The van der Waals surface area contributed by atoms with Gasteiger partial charge in [-0.1, -0.05) is 79.7 Å². The molecule has 3 aromatic carbocycles. The minimum Gasteiger partial charge on any atom is -0.385 e. The zero-order valence-corrected chi connectivity index (χ0v) is 16.1. The molecule has 0 aliphatic carbocycles. The highest BCUT2D eigenvalue weighted by Crippen LogP contribution is 2.49. The van der Waals surface area contributed by atoms with Gasteiger partial charge in [-0.05, 0) is 35.2 Å². The van der Waals surface area contributed by atoms with Crippen LogP contribution in [0, 0.1) is 11.7 Å². The molecular weight excluding hydrogens is 349 g/mol. The van der Waals surface area contributed by atoms with Crippen LogP contribution in [-0.2, 0) is 5.60 Å². The molecule has 1 fully saturated rings. The molecule has 0 aromatic heterocycles. The summed E-state index contributed by atoms with van der Waals surface area (Å²) in [5.41, 5.74) is 2.05. The number of rotatable bonds is 4. The summed E-state index contributed by atoms with van der Waals surface area (Å²) in [4.78, 5) is 0. The highest BCUT2D eigenvalue weighted by atomic mass is 19.1. The third kappa shape index (κ3) is 3.48. The van der Waals surface area contributed by atoms with Crippen LogP contribution in [0.4, 0.5) is 4.39 Å². The fourth-order valence-electron chi connectivity index (χ4n) is 4.66. The van der Waals surface area contributed by atoms with Crippen molar-refractivity contribution in [3.05, 3.63) is 107 Å². The van der Waals surface area contributed by atoms with E-state index in [1.165, 1.54) is 12.1 Å². The molecule has 0 saturated carbocycles. The molecule has 4 rings (SSSR count). The molecule has 1 aliphatic heterocycles. The quantitative estimate of drug-likeness (QED) is 0.630. The maximum atomic E-state index is 13.5. The Morgan fingerprint density at radius 2 is 1.46 bits per heavy atom. The molecule has 0 spiro atoms. The SMILES string of the molecule is CC[C@@H]1[C@H](c2ccccc2)N[C@@H](c2ccccc2)C[C@]1(O)c1ccc(F)cc1. The summed E-state index contributed by atoms with van der Waals surface area (Å²) in [6, 6.07) is 26.9. The Kier molecular flexibility index (Phi) is 5.29. The molecule has 28 heavy (non-hydrogen) atoms. The van der Waals surface area contributed by atoms with Gasteiger partial charge in [0.25, 0.3) is 0 Å². The summed E-state index contributed by atoms with van der Waals surface area (Å²) >= 11 is 0. The molecule has 1 saturated heterocycles. The summed E-state index contributed by atoms with van der Waals surface area (Å²) in [5.74, 6) is -0.311. The van der Waals surface area contributed by atoms with Gasteiger partial charge in [-0.2, -0.15) is 0 Å². The highest BCUT2D eigenvalue weighted by molar-refractivity contribution is 5.32. The van der Waals surface area contributed by atoms with E-state index in [0.717, 1.165) is 23.1 Å². The number of piperidine rings is 1. The molecule has 1 heterocycles. The van der Waals surface area contributed by atoms with Gasteiger partial charge in [0.05, 0.1) is 5.60 Å². The molecule has 3 aromatic rings. The molecule has 2 N–H and O–H groups in total. The molecule has 0 unspecified atom stereocenters. The lowest BCUT2D eigenvalue weighted by Gasteiger charge is -2.49. The first kappa shape index (κ1) is 18.9. The van der Waals surface area contributed by atoms with Crippen LogP contribution in [0.1, 0.15) is 48.5 Å². The van der Waals surface area contributed by atoms with Crippen LogP contribution < -0.4 is 5.32 Å². The van der Waals surface area contributed by atoms with Gasteiger partial charge in [-0.3, -0.25) is 0 Å². The van der Waals surface area contributed by atoms with Gasteiger partial charge in [0.15, 0.2) is 0 Å². The average molecular weight is 375 g/mol. The van der Waals surface area contributed by atoms with Gasteiger partial charge in [-0.15, -0.1) is 0 Å². The smallest absolute Gasteiger partial charge is 0.123 e. The number of halogens is 1. The Bertz CT molecular complexity index is 897. The van der Waals surface area contributed by atoms with E-state index >= 15 is 0 Å². The fourth-order valence-corrected chi connectivity index (χ4v) is 4.66. The second-order valence-electron chi connectivity index (χ2n) is 7.67. The largest absolute Gasteiger partial charge is 0.385 e. The standard InChI is InChI=1S/C25H26FNO/c1-2-22-24(19-11-7-4-8-12-19)27-23(18-9-5-3-6-10-18)17-25(22,28)20-13-15-21(26)16-14-20/h3-16,22-24,27-28H,2,17H2,1H3/t22-,23-,24+,25+/m1/s1. The summed E-state index contributed by atoms with van der Waals surface area (Å²) in [5, 5.41) is 15.8. The minimum absolute atomic E-state index is 0.000194. The Morgan fingerprint density at radius 1 is 0.893 bits per heavy atom. The first-order valence-corrected chi connectivity index (χ1v) is 9.96. The zero-order valence-electron chi connectivity index (χ0n) is 16.1. The number of hydrogen-bond donors (Lipinski definition) is 2. The Hall–Kier alpha value is -2.49. The van der Waals surface area contributed by atoms with E-state index in [-0.39, 0.29) is 23.8 Å². The van der Waals surface area contributed by atoms with Crippen LogP contribution in [0.15, 0.2) is 84.9 Å². The van der Waals surface area contributed by atoms with Crippen LogP contribution in [0.25, 0.3) is 0 Å². The Balaban J connectivity index is 1.81. The molecule has 0 bridgehead atoms. The summed E-state index contributed by atoms with van der Waals surface area (Å²) in [7, 11) is 0. The second-order valence-corrected chi connectivity index (χ2v) is 7.67. The molecule has 4 atom stereocenters. The van der Waals surface area contributed by atoms with Gasteiger partial charge >= 0.3 is 0 Å². The molecule has 0 amide bonds. The molecule has 1 aliphatic rings. The van der Waals surface area contributed by atoms with Gasteiger partial charge in [0, 0.05) is 24.4 Å². The van der Waals surface area contributed by atoms with Gasteiger partial charge < -0.3 is 10.4 Å². The summed E-state index contributed by atoms with van der Waals surface area (Å²) in [6.45, 7) is 2.11.